The van der Waals surface area contributed by atoms with Crippen LogP contribution in [-0.4, -0.2) is 12.1 Å². The monoisotopic (exact) mass is 302 g/mol. The van der Waals surface area contributed by atoms with Crippen LogP contribution in [0.4, 0.5) is 0 Å². The molecule has 0 radical (unpaired) electrons. The summed E-state index contributed by atoms with van der Waals surface area (Å²) in [4.78, 5) is 4.17. The van der Waals surface area contributed by atoms with Crippen LogP contribution in [0.2, 0.25) is 5.22 Å². The first kappa shape index (κ1) is 13.9. The van der Waals surface area contributed by atoms with Crippen molar-refractivity contribution in [2.75, 3.05) is 7.11 Å². The number of rotatable bonds is 5. The fourth-order valence-corrected chi connectivity index (χ4v) is 2.55. The number of nitrogens with zero attached hydrogens (tertiary/aromatic N) is 1. The molecule has 4 nitrogen and oxygen atoms in total. The Bertz CT molecular complexity index is 755. The summed E-state index contributed by atoms with van der Waals surface area (Å²) in [5.74, 6) is 0.633. The summed E-state index contributed by atoms with van der Waals surface area (Å²) >= 11 is 6.16. The molecule has 5 heteroatoms. The molecule has 2 heterocycles. The molecule has 0 atom stereocenters. The minimum Gasteiger partial charge on any atom is -0.481 e. The summed E-state index contributed by atoms with van der Waals surface area (Å²) in [6.45, 7) is 1.26. The van der Waals surface area contributed by atoms with E-state index in [1.807, 2.05) is 36.4 Å². The maximum atomic E-state index is 6.16. The summed E-state index contributed by atoms with van der Waals surface area (Å²) in [5, 5.41) is 4.81. The second-order valence-electron chi connectivity index (χ2n) is 4.63. The summed E-state index contributed by atoms with van der Waals surface area (Å²) in [7, 11) is 1.62. The molecule has 108 valence electrons. The molecule has 0 aliphatic rings. The third-order valence-corrected chi connectivity index (χ3v) is 3.61. The largest absolute Gasteiger partial charge is 0.481 e. The number of benzene rings is 1. The number of halogens is 1. The maximum absolute atomic E-state index is 6.16. The van der Waals surface area contributed by atoms with Crippen LogP contribution in [-0.2, 0) is 13.1 Å². The highest BCUT2D eigenvalue weighted by Gasteiger charge is 2.12. The fraction of sp³-hybridized carbons (Fsp3) is 0.188. The SMILES string of the molecule is COc1ncccc1CNCc1c(Cl)oc2ccccc12. The molecule has 3 rings (SSSR count). The van der Waals surface area contributed by atoms with E-state index in [4.69, 9.17) is 20.8 Å². The Morgan fingerprint density at radius 1 is 1.19 bits per heavy atom. The van der Waals surface area contributed by atoms with Crippen molar-refractivity contribution in [1.82, 2.24) is 10.3 Å². The second-order valence-corrected chi connectivity index (χ2v) is 4.97. The van der Waals surface area contributed by atoms with Gasteiger partial charge in [0.25, 0.3) is 0 Å². The third kappa shape index (κ3) is 2.86. The van der Waals surface area contributed by atoms with Gasteiger partial charge in [-0.2, -0.15) is 0 Å². The number of fused-ring (bicyclic) bond motifs is 1. The van der Waals surface area contributed by atoms with Gasteiger partial charge in [-0.1, -0.05) is 24.3 Å². The van der Waals surface area contributed by atoms with Gasteiger partial charge >= 0.3 is 0 Å². The number of aromatic nitrogens is 1. The molecule has 0 spiro atoms. The predicted molar refractivity (Wildman–Crippen MR) is 82.6 cm³/mol. The van der Waals surface area contributed by atoms with E-state index in [1.54, 1.807) is 13.3 Å². The average molecular weight is 303 g/mol. The van der Waals surface area contributed by atoms with Crippen molar-refractivity contribution in [2.45, 2.75) is 13.1 Å². The highest BCUT2D eigenvalue weighted by molar-refractivity contribution is 6.30. The Morgan fingerprint density at radius 2 is 2.05 bits per heavy atom. The van der Waals surface area contributed by atoms with E-state index in [0.717, 1.165) is 22.1 Å². The Hall–Kier alpha value is -2.04. The molecule has 1 aromatic carbocycles. The molecule has 0 bridgehead atoms. The van der Waals surface area contributed by atoms with Gasteiger partial charge in [0.05, 0.1) is 7.11 Å². The molecule has 2 aromatic heterocycles. The maximum Gasteiger partial charge on any atom is 0.217 e. The number of hydrogen-bond acceptors (Lipinski definition) is 4. The lowest BCUT2D eigenvalue weighted by Crippen LogP contribution is -2.13. The van der Waals surface area contributed by atoms with Crippen LogP contribution in [0.1, 0.15) is 11.1 Å². The molecule has 0 unspecified atom stereocenters. The quantitative estimate of drug-likeness (QED) is 0.779. The van der Waals surface area contributed by atoms with E-state index < -0.39 is 0 Å². The molecule has 0 amide bonds. The molecule has 0 aliphatic carbocycles. The standard InChI is InChI=1S/C16H15ClN2O2/c1-20-16-11(5-4-8-19-16)9-18-10-13-12-6-2-3-7-14(12)21-15(13)17/h2-8,18H,9-10H2,1H3. The number of furan rings is 1. The van der Waals surface area contributed by atoms with E-state index in [-0.39, 0.29) is 0 Å². The van der Waals surface area contributed by atoms with Crippen LogP contribution in [0.5, 0.6) is 5.88 Å². The highest BCUT2D eigenvalue weighted by atomic mass is 35.5. The molecule has 1 N–H and O–H groups in total. The normalized spacial score (nSPS) is 11.0. The van der Waals surface area contributed by atoms with Crippen molar-refractivity contribution >= 4 is 22.6 Å². The van der Waals surface area contributed by atoms with Crippen molar-refractivity contribution in [2.24, 2.45) is 0 Å². The first-order valence-electron chi connectivity index (χ1n) is 6.64. The van der Waals surface area contributed by atoms with Gasteiger partial charge in [-0.15, -0.1) is 0 Å². The first-order valence-corrected chi connectivity index (χ1v) is 7.02. The lowest BCUT2D eigenvalue weighted by molar-refractivity contribution is 0.390. The number of para-hydroxylation sites is 1. The zero-order valence-electron chi connectivity index (χ0n) is 11.6. The van der Waals surface area contributed by atoms with E-state index in [2.05, 4.69) is 10.3 Å². The van der Waals surface area contributed by atoms with Gasteiger partial charge in [-0.25, -0.2) is 4.98 Å². The van der Waals surface area contributed by atoms with Crippen LogP contribution >= 0.6 is 11.6 Å². The molecule has 0 aliphatic heterocycles. The Morgan fingerprint density at radius 3 is 2.90 bits per heavy atom. The van der Waals surface area contributed by atoms with E-state index in [9.17, 15) is 0 Å². The summed E-state index contributed by atoms with van der Waals surface area (Å²) in [6.07, 6.45) is 1.71. The topological polar surface area (TPSA) is 47.3 Å². The number of nitrogens with one attached hydrogen (secondary N) is 1. The van der Waals surface area contributed by atoms with E-state index >= 15 is 0 Å². The molecular formula is C16H15ClN2O2. The van der Waals surface area contributed by atoms with Gasteiger partial charge in [0, 0.05) is 35.8 Å². The zero-order valence-corrected chi connectivity index (χ0v) is 12.4. The van der Waals surface area contributed by atoms with Gasteiger partial charge in [0.15, 0.2) is 5.22 Å². The average Bonchev–Trinajstić information content (AvgIpc) is 2.84. The molecular weight excluding hydrogens is 288 g/mol. The van der Waals surface area contributed by atoms with Crippen molar-refractivity contribution in [3.05, 3.63) is 58.9 Å². The molecule has 0 saturated carbocycles. The third-order valence-electron chi connectivity index (χ3n) is 3.31. The summed E-state index contributed by atoms with van der Waals surface area (Å²) in [5.41, 5.74) is 2.78. The Balaban J connectivity index is 1.74. The molecule has 0 saturated heterocycles. The van der Waals surface area contributed by atoms with Gasteiger partial charge in [-0.3, -0.25) is 0 Å². The van der Waals surface area contributed by atoms with Crippen LogP contribution in [0, 0.1) is 0 Å². The summed E-state index contributed by atoms with van der Waals surface area (Å²) < 4.78 is 10.8. The number of methoxy groups -OCH3 is 1. The van der Waals surface area contributed by atoms with Crippen molar-refractivity contribution in [1.29, 1.82) is 0 Å². The molecule has 3 aromatic rings. The van der Waals surface area contributed by atoms with E-state index in [1.165, 1.54) is 0 Å². The van der Waals surface area contributed by atoms with Crippen molar-refractivity contribution in [3.8, 4) is 5.88 Å². The van der Waals surface area contributed by atoms with Crippen molar-refractivity contribution in [3.63, 3.8) is 0 Å². The minimum absolute atomic E-state index is 0.432. The van der Waals surface area contributed by atoms with E-state index in [0.29, 0.717) is 24.2 Å². The number of ether oxygens (including phenoxy) is 1. The Labute approximate surface area is 127 Å². The summed E-state index contributed by atoms with van der Waals surface area (Å²) in [6, 6.07) is 11.7. The second kappa shape index (κ2) is 6.16. The van der Waals surface area contributed by atoms with Gasteiger partial charge in [-0.05, 0) is 23.7 Å². The van der Waals surface area contributed by atoms with Crippen LogP contribution in [0.15, 0.2) is 47.0 Å². The number of pyridine rings is 1. The molecule has 21 heavy (non-hydrogen) atoms. The van der Waals surface area contributed by atoms with Gasteiger partial charge < -0.3 is 14.5 Å². The van der Waals surface area contributed by atoms with Crippen LogP contribution < -0.4 is 10.1 Å². The Kier molecular flexibility index (Phi) is 4.08. The lowest BCUT2D eigenvalue weighted by Gasteiger charge is -2.08. The van der Waals surface area contributed by atoms with Crippen LogP contribution in [0.3, 0.4) is 0 Å². The first-order chi connectivity index (χ1) is 10.3. The minimum atomic E-state index is 0.432. The van der Waals surface area contributed by atoms with Crippen LogP contribution in [0.25, 0.3) is 11.0 Å². The van der Waals surface area contributed by atoms with Gasteiger partial charge in [0.2, 0.25) is 5.88 Å². The predicted octanol–water partition coefficient (Wildman–Crippen LogP) is 3.78. The van der Waals surface area contributed by atoms with Crippen molar-refractivity contribution < 1.29 is 9.15 Å². The molecule has 0 fully saturated rings. The highest BCUT2D eigenvalue weighted by Crippen LogP contribution is 2.29. The van der Waals surface area contributed by atoms with Gasteiger partial charge in [0.1, 0.15) is 5.58 Å². The lowest BCUT2D eigenvalue weighted by atomic mass is 10.1. The fourth-order valence-electron chi connectivity index (χ4n) is 2.30. The zero-order chi connectivity index (χ0) is 14.7. The smallest absolute Gasteiger partial charge is 0.217 e. The number of hydrogen-bond donors (Lipinski definition) is 1.